The van der Waals surface area contributed by atoms with E-state index in [1.165, 1.54) is 32.1 Å². The molecule has 1 heterocycles. The number of likely N-dealkylation sites (tertiary alicyclic amines) is 1. The minimum Gasteiger partial charge on any atom is -0.303 e. The second-order valence-corrected chi connectivity index (χ2v) is 7.62. The Balaban J connectivity index is 1.93. The normalized spacial score (nSPS) is 17.7. The molecule has 0 bridgehead atoms. The average Bonchev–Trinajstić information content (AvgIpc) is 2.67. The van der Waals surface area contributed by atoms with Gasteiger partial charge in [0.05, 0.1) is 6.07 Å². The molecule has 0 aromatic heterocycles. The molecule has 1 saturated heterocycles. The molecule has 1 aliphatic heterocycles. The van der Waals surface area contributed by atoms with Crippen LogP contribution in [0.3, 0.4) is 0 Å². The fourth-order valence-corrected chi connectivity index (χ4v) is 4.40. The maximum atomic E-state index is 10.4. The maximum absolute atomic E-state index is 10.4. The van der Waals surface area contributed by atoms with Gasteiger partial charge in [-0.1, -0.05) is 86.8 Å². The van der Waals surface area contributed by atoms with Crippen molar-refractivity contribution in [2.24, 2.45) is 5.92 Å². The molecule has 136 valence electrons. The van der Waals surface area contributed by atoms with Gasteiger partial charge in [-0.2, -0.15) is 5.26 Å². The van der Waals surface area contributed by atoms with Gasteiger partial charge < -0.3 is 4.90 Å². The summed E-state index contributed by atoms with van der Waals surface area (Å²) in [4.78, 5) is 2.59. The summed E-state index contributed by atoms with van der Waals surface area (Å²) < 4.78 is 0. The molecule has 0 N–H and O–H groups in total. The van der Waals surface area contributed by atoms with E-state index in [1.54, 1.807) is 0 Å². The van der Waals surface area contributed by atoms with Crippen molar-refractivity contribution in [3.8, 4) is 6.07 Å². The number of nitrogens with zero attached hydrogens (tertiary/aromatic N) is 2. The predicted octanol–water partition coefficient (Wildman–Crippen LogP) is 5.40. The Morgan fingerprint density at radius 2 is 1.31 bits per heavy atom. The number of hydrogen-bond donors (Lipinski definition) is 0. The summed E-state index contributed by atoms with van der Waals surface area (Å²) in [7, 11) is 0. The molecule has 0 radical (unpaired) electrons. The van der Waals surface area contributed by atoms with Crippen LogP contribution in [0.2, 0.25) is 0 Å². The van der Waals surface area contributed by atoms with Gasteiger partial charge in [0.15, 0.2) is 0 Å². The molecule has 1 atom stereocenters. The fraction of sp³-hybridized carbons (Fsp3) is 0.458. The first-order chi connectivity index (χ1) is 12.8. The van der Waals surface area contributed by atoms with Crippen molar-refractivity contribution >= 4 is 0 Å². The molecule has 1 fully saturated rings. The van der Waals surface area contributed by atoms with Gasteiger partial charge in [0.2, 0.25) is 0 Å². The Kier molecular flexibility index (Phi) is 6.47. The van der Waals surface area contributed by atoms with Gasteiger partial charge in [0.1, 0.15) is 5.41 Å². The number of rotatable bonds is 5. The minimum atomic E-state index is -0.606. The minimum absolute atomic E-state index is 0.219. The molecular weight excluding hydrogens is 316 g/mol. The SMILES string of the molecule is C[C@@H](CN1CCCCCCC1)C(C#N)(c1ccccc1)c1ccccc1. The van der Waals surface area contributed by atoms with E-state index in [4.69, 9.17) is 0 Å². The number of nitriles is 1. The summed E-state index contributed by atoms with van der Waals surface area (Å²) >= 11 is 0. The molecule has 0 amide bonds. The van der Waals surface area contributed by atoms with Crippen LogP contribution in [0.25, 0.3) is 0 Å². The van der Waals surface area contributed by atoms with Gasteiger partial charge in [-0.15, -0.1) is 0 Å². The Bertz CT molecular complexity index is 654. The van der Waals surface area contributed by atoms with Gasteiger partial charge in [-0.25, -0.2) is 0 Å². The van der Waals surface area contributed by atoms with E-state index >= 15 is 0 Å². The maximum Gasteiger partial charge on any atom is 0.111 e. The van der Waals surface area contributed by atoms with Crippen molar-refractivity contribution in [2.45, 2.75) is 44.4 Å². The van der Waals surface area contributed by atoms with Crippen LogP contribution in [-0.4, -0.2) is 24.5 Å². The predicted molar refractivity (Wildman–Crippen MR) is 108 cm³/mol. The quantitative estimate of drug-likeness (QED) is 0.725. The Morgan fingerprint density at radius 1 is 0.846 bits per heavy atom. The first kappa shape index (κ1) is 18.7. The lowest BCUT2D eigenvalue weighted by molar-refractivity contribution is 0.197. The molecule has 26 heavy (non-hydrogen) atoms. The van der Waals surface area contributed by atoms with E-state index in [0.717, 1.165) is 30.8 Å². The van der Waals surface area contributed by atoms with E-state index < -0.39 is 5.41 Å². The van der Waals surface area contributed by atoms with Gasteiger partial charge in [-0.3, -0.25) is 0 Å². The molecule has 0 unspecified atom stereocenters. The van der Waals surface area contributed by atoms with Crippen molar-refractivity contribution in [3.63, 3.8) is 0 Å². The highest BCUT2D eigenvalue weighted by Gasteiger charge is 2.40. The monoisotopic (exact) mass is 346 g/mol. The van der Waals surface area contributed by atoms with Crippen LogP contribution in [0.4, 0.5) is 0 Å². The highest BCUT2D eigenvalue weighted by molar-refractivity contribution is 5.46. The van der Waals surface area contributed by atoms with Crippen molar-refractivity contribution in [1.82, 2.24) is 4.90 Å². The zero-order valence-corrected chi connectivity index (χ0v) is 15.9. The van der Waals surface area contributed by atoms with Crippen LogP contribution < -0.4 is 0 Å². The van der Waals surface area contributed by atoms with E-state index in [2.05, 4.69) is 42.2 Å². The summed E-state index contributed by atoms with van der Waals surface area (Å²) in [6.45, 7) is 5.55. The summed E-state index contributed by atoms with van der Waals surface area (Å²) in [5, 5.41) is 10.4. The number of hydrogen-bond acceptors (Lipinski definition) is 2. The molecule has 0 spiro atoms. The van der Waals surface area contributed by atoms with Crippen LogP contribution >= 0.6 is 0 Å². The molecule has 2 aromatic rings. The molecule has 2 nitrogen and oxygen atoms in total. The van der Waals surface area contributed by atoms with E-state index in [0.29, 0.717) is 0 Å². The highest BCUT2D eigenvalue weighted by Crippen LogP contribution is 2.39. The fourth-order valence-electron chi connectivity index (χ4n) is 4.40. The third kappa shape index (κ3) is 4.00. The second-order valence-electron chi connectivity index (χ2n) is 7.62. The lowest BCUT2D eigenvalue weighted by Crippen LogP contribution is -2.42. The molecule has 0 aliphatic carbocycles. The van der Waals surface area contributed by atoms with Crippen molar-refractivity contribution in [3.05, 3.63) is 71.8 Å². The first-order valence-electron chi connectivity index (χ1n) is 10.0. The van der Waals surface area contributed by atoms with Crippen LogP contribution in [0.1, 0.15) is 50.2 Å². The molecule has 2 aromatic carbocycles. The van der Waals surface area contributed by atoms with Gasteiger partial charge in [0.25, 0.3) is 0 Å². The third-order valence-corrected chi connectivity index (χ3v) is 5.85. The topological polar surface area (TPSA) is 27.0 Å². The van der Waals surface area contributed by atoms with Gasteiger partial charge in [0, 0.05) is 6.54 Å². The van der Waals surface area contributed by atoms with Gasteiger partial charge in [-0.05, 0) is 43.0 Å². The zero-order chi connectivity index (χ0) is 18.2. The largest absolute Gasteiger partial charge is 0.303 e. The summed E-state index contributed by atoms with van der Waals surface area (Å²) in [6, 6.07) is 23.4. The summed E-state index contributed by atoms with van der Waals surface area (Å²) in [5.74, 6) is 0.219. The van der Waals surface area contributed by atoms with E-state index in [9.17, 15) is 5.26 Å². The van der Waals surface area contributed by atoms with Crippen LogP contribution in [0, 0.1) is 17.2 Å². The summed E-state index contributed by atoms with van der Waals surface area (Å²) in [5.41, 5.74) is 1.60. The molecule has 2 heteroatoms. The molecular formula is C24H30N2. The molecule has 1 aliphatic rings. The average molecular weight is 347 g/mol. The zero-order valence-electron chi connectivity index (χ0n) is 15.9. The summed E-state index contributed by atoms with van der Waals surface area (Å²) in [6.07, 6.45) is 6.61. The van der Waals surface area contributed by atoms with Crippen LogP contribution in [-0.2, 0) is 5.41 Å². The van der Waals surface area contributed by atoms with Crippen molar-refractivity contribution in [2.75, 3.05) is 19.6 Å². The van der Waals surface area contributed by atoms with E-state index in [-0.39, 0.29) is 5.92 Å². The van der Waals surface area contributed by atoms with E-state index in [1.807, 2.05) is 36.4 Å². The molecule has 3 rings (SSSR count). The first-order valence-corrected chi connectivity index (χ1v) is 10.0. The second kappa shape index (κ2) is 9.01. The van der Waals surface area contributed by atoms with Gasteiger partial charge >= 0.3 is 0 Å². The third-order valence-electron chi connectivity index (χ3n) is 5.85. The standard InChI is InChI=1S/C24H30N2/c1-21(19-26-17-11-3-2-4-12-18-26)24(20-25,22-13-7-5-8-14-22)23-15-9-6-10-16-23/h5-10,13-16,21H,2-4,11-12,17-19H2,1H3/t21-/m0/s1. The Labute approximate surface area is 158 Å². The van der Waals surface area contributed by atoms with Crippen LogP contribution in [0.15, 0.2) is 60.7 Å². The number of benzene rings is 2. The van der Waals surface area contributed by atoms with Crippen molar-refractivity contribution in [1.29, 1.82) is 5.26 Å². The Morgan fingerprint density at radius 3 is 1.77 bits per heavy atom. The lowest BCUT2D eigenvalue weighted by atomic mass is 9.67. The smallest absolute Gasteiger partial charge is 0.111 e. The highest BCUT2D eigenvalue weighted by atomic mass is 15.1. The Hall–Kier alpha value is -2.11. The van der Waals surface area contributed by atoms with Crippen molar-refractivity contribution < 1.29 is 0 Å². The molecule has 0 saturated carbocycles. The lowest BCUT2D eigenvalue weighted by Gasteiger charge is -2.37. The van der Waals surface area contributed by atoms with Crippen LogP contribution in [0.5, 0.6) is 0 Å².